The van der Waals surface area contributed by atoms with Crippen LogP contribution in [0.3, 0.4) is 0 Å². The Kier molecular flexibility index (Phi) is 6.13. The van der Waals surface area contributed by atoms with Gasteiger partial charge in [-0.15, -0.1) is 0 Å². The number of aliphatic imine (C=N–C) groups is 1. The lowest BCUT2D eigenvalue weighted by molar-refractivity contribution is 0.500. The topological polar surface area (TPSA) is 53.9 Å². The molecule has 0 unspecified atom stereocenters. The van der Waals surface area contributed by atoms with Crippen LogP contribution >= 0.6 is 0 Å². The molecule has 1 aliphatic rings. The molecule has 2 rings (SSSR count). The van der Waals surface area contributed by atoms with Crippen molar-refractivity contribution in [2.75, 3.05) is 0 Å². The van der Waals surface area contributed by atoms with Crippen molar-refractivity contribution in [1.29, 1.82) is 0 Å². The van der Waals surface area contributed by atoms with Crippen molar-refractivity contribution in [3.8, 4) is 0 Å². The van der Waals surface area contributed by atoms with Crippen LogP contribution in [-0.2, 0) is 5.41 Å². The molecule has 0 atom stereocenters. The molecule has 4 heteroatoms. The van der Waals surface area contributed by atoms with E-state index in [1.165, 1.54) is 5.70 Å². The maximum absolute atomic E-state index is 4.24. The van der Waals surface area contributed by atoms with Gasteiger partial charge in [0.25, 0.3) is 0 Å². The van der Waals surface area contributed by atoms with Crippen LogP contribution in [0.5, 0.6) is 0 Å². The van der Waals surface area contributed by atoms with Crippen molar-refractivity contribution < 1.29 is 0 Å². The number of aromatic nitrogens is 3. The van der Waals surface area contributed by atoms with Crippen molar-refractivity contribution in [1.82, 2.24) is 15.4 Å². The Labute approximate surface area is 117 Å². The number of nitrogens with one attached hydrogen (secondary N) is 1. The molecule has 0 aliphatic carbocycles. The molecule has 0 radical (unpaired) electrons. The van der Waals surface area contributed by atoms with E-state index in [0.717, 1.165) is 12.1 Å². The Morgan fingerprint density at radius 2 is 1.68 bits per heavy atom. The minimum atomic E-state index is 0. The standard InChI is InChI=1S/C8H13N.C6H11N3.CH4/c1-8(2,3)7-5-4-6-9-7;1-6(2,3)5-4-7-9-8-5;/h5-6H,4H2,1-3H3;4H,1-3H3,(H,7,8,9);1H4. The fourth-order valence-electron chi connectivity index (χ4n) is 1.43. The highest BCUT2D eigenvalue weighted by molar-refractivity contribution is 5.65. The minimum absolute atomic E-state index is 0. The van der Waals surface area contributed by atoms with Gasteiger partial charge >= 0.3 is 0 Å². The molecule has 0 saturated carbocycles. The van der Waals surface area contributed by atoms with E-state index >= 15 is 0 Å². The van der Waals surface area contributed by atoms with Crippen molar-refractivity contribution >= 4 is 6.21 Å². The van der Waals surface area contributed by atoms with Gasteiger partial charge in [0.15, 0.2) is 0 Å². The van der Waals surface area contributed by atoms with E-state index in [2.05, 4.69) is 68.0 Å². The summed E-state index contributed by atoms with van der Waals surface area (Å²) in [6, 6.07) is 0. The summed E-state index contributed by atoms with van der Waals surface area (Å²) in [5.41, 5.74) is 2.59. The number of hydrogen-bond donors (Lipinski definition) is 1. The van der Waals surface area contributed by atoms with Crippen LogP contribution in [0.1, 0.15) is 61.1 Å². The van der Waals surface area contributed by atoms with E-state index < -0.39 is 0 Å². The SMILES string of the molecule is C.CC(C)(C)C1=CCC=N1.CC(C)(C)c1cn[nH]n1. The third-order valence-corrected chi connectivity index (χ3v) is 2.60. The molecule has 1 aliphatic heterocycles. The summed E-state index contributed by atoms with van der Waals surface area (Å²) in [7, 11) is 0. The molecule has 19 heavy (non-hydrogen) atoms. The molecule has 2 heterocycles. The van der Waals surface area contributed by atoms with E-state index in [0.29, 0.717) is 0 Å². The van der Waals surface area contributed by atoms with Gasteiger partial charge in [-0.2, -0.15) is 15.4 Å². The lowest BCUT2D eigenvalue weighted by atomic mass is 9.92. The first-order valence-corrected chi connectivity index (χ1v) is 6.30. The molecule has 1 aromatic rings. The first-order valence-electron chi connectivity index (χ1n) is 6.30. The Bertz CT molecular complexity index is 414. The van der Waals surface area contributed by atoms with Crippen LogP contribution in [0.25, 0.3) is 0 Å². The maximum atomic E-state index is 4.24. The van der Waals surface area contributed by atoms with Gasteiger partial charge in [0, 0.05) is 29.2 Å². The van der Waals surface area contributed by atoms with E-state index in [1.807, 2.05) is 6.21 Å². The smallest absolute Gasteiger partial charge is 0.0877 e. The van der Waals surface area contributed by atoms with Gasteiger partial charge in [0.1, 0.15) is 0 Å². The van der Waals surface area contributed by atoms with Crippen molar-refractivity contribution in [2.45, 2.75) is 60.8 Å². The fourth-order valence-corrected chi connectivity index (χ4v) is 1.43. The molecular formula is C15H28N4. The number of H-pyrrole nitrogens is 1. The van der Waals surface area contributed by atoms with Crippen molar-refractivity contribution in [3.63, 3.8) is 0 Å². The molecule has 4 nitrogen and oxygen atoms in total. The van der Waals surface area contributed by atoms with Crippen LogP contribution in [0.2, 0.25) is 0 Å². The molecule has 0 spiro atoms. The van der Waals surface area contributed by atoms with Gasteiger partial charge < -0.3 is 0 Å². The number of hydrogen-bond acceptors (Lipinski definition) is 3. The van der Waals surface area contributed by atoms with Crippen LogP contribution in [-0.4, -0.2) is 21.6 Å². The van der Waals surface area contributed by atoms with Gasteiger partial charge in [-0.3, -0.25) is 4.99 Å². The van der Waals surface area contributed by atoms with Crippen molar-refractivity contribution in [2.24, 2.45) is 10.4 Å². The highest BCUT2D eigenvalue weighted by atomic mass is 15.3. The second-order valence-corrected chi connectivity index (χ2v) is 6.49. The largest absolute Gasteiger partial charge is 0.265 e. The van der Waals surface area contributed by atoms with Crippen molar-refractivity contribution in [3.05, 3.63) is 23.7 Å². The van der Waals surface area contributed by atoms with E-state index in [1.54, 1.807) is 6.20 Å². The summed E-state index contributed by atoms with van der Waals surface area (Å²) < 4.78 is 0. The molecule has 0 aromatic carbocycles. The monoisotopic (exact) mass is 264 g/mol. The van der Waals surface area contributed by atoms with Gasteiger partial charge in [0.05, 0.1) is 11.9 Å². The minimum Gasteiger partial charge on any atom is -0.265 e. The summed E-state index contributed by atoms with van der Waals surface area (Å²) in [5.74, 6) is 0. The molecule has 0 fully saturated rings. The van der Waals surface area contributed by atoms with E-state index in [9.17, 15) is 0 Å². The Balaban J connectivity index is 0.000000324. The molecule has 0 amide bonds. The second kappa shape index (κ2) is 6.64. The van der Waals surface area contributed by atoms with E-state index in [-0.39, 0.29) is 18.3 Å². The quantitative estimate of drug-likeness (QED) is 0.766. The highest BCUT2D eigenvalue weighted by Gasteiger charge is 2.17. The number of allylic oxidation sites excluding steroid dienone is 2. The summed E-state index contributed by atoms with van der Waals surface area (Å²) in [4.78, 5) is 4.24. The molecule has 1 aromatic heterocycles. The summed E-state index contributed by atoms with van der Waals surface area (Å²) in [5, 5.41) is 10.2. The van der Waals surface area contributed by atoms with Gasteiger partial charge in [-0.05, 0) is 0 Å². The predicted octanol–water partition coefficient (Wildman–Crippen LogP) is 4.13. The van der Waals surface area contributed by atoms with Crippen LogP contribution in [0, 0.1) is 5.41 Å². The molecule has 0 saturated heterocycles. The Morgan fingerprint density at radius 1 is 1.05 bits per heavy atom. The molecular weight excluding hydrogens is 236 g/mol. The van der Waals surface area contributed by atoms with Crippen LogP contribution < -0.4 is 0 Å². The number of rotatable bonds is 0. The predicted molar refractivity (Wildman–Crippen MR) is 82.5 cm³/mol. The fraction of sp³-hybridized carbons (Fsp3) is 0.667. The van der Waals surface area contributed by atoms with Gasteiger partial charge in [-0.25, -0.2) is 0 Å². The normalized spacial score (nSPS) is 14.3. The Hall–Kier alpha value is -1.45. The molecule has 108 valence electrons. The Morgan fingerprint density at radius 3 is 1.89 bits per heavy atom. The number of aromatic amines is 1. The van der Waals surface area contributed by atoms with Crippen LogP contribution in [0.15, 0.2) is 23.0 Å². The molecule has 0 bridgehead atoms. The first kappa shape index (κ1) is 17.6. The lowest BCUT2D eigenvalue weighted by Crippen LogP contribution is -2.11. The number of nitrogens with zero attached hydrogens (tertiary/aromatic N) is 3. The summed E-state index contributed by atoms with van der Waals surface area (Å²) in [6.07, 6.45) is 6.91. The lowest BCUT2D eigenvalue weighted by Gasteiger charge is -2.16. The summed E-state index contributed by atoms with van der Waals surface area (Å²) in [6.45, 7) is 12.9. The maximum Gasteiger partial charge on any atom is 0.0877 e. The van der Waals surface area contributed by atoms with Crippen LogP contribution in [0.4, 0.5) is 0 Å². The third kappa shape index (κ3) is 5.81. The highest BCUT2D eigenvalue weighted by Crippen LogP contribution is 2.28. The average molecular weight is 264 g/mol. The van der Waals surface area contributed by atoms with Gasteiger partial charge in [-0.1, -0.05) is 55.0 Å². The summed E-state index contributed by atoms with van der Waals surface area (Å²) >= 11 is 0. The zero-order valence-electron chi connectivity index (χ0n) is 12.3. The zero-order valence-corrected chi connectivity index (χ0v) is 12.3. The average Bonchev–Trinajstić information content (AvgIpc) is 2.91. The van der Waals surface area contributed by atoms with E-state index in [4.69, 9.17) is 0 Å². The zero-order chi connectivity index (χ0) is 13.8. The second-order valence-electron chi connectivity index (χ2n) is 6.49. The van der Waals surface area contributed by atoms with Gasteiger partial charge in [0.2, 0.25) is 0 Å². The molecule has 1 N–H and O–H groups in total. The third-order valence-electron chi connectivity index (χ3n) is 2.60. The first-order chi connectivity index (χ1) is 8.21.